The number of carbonyl (C=O) groups is 1. The molecule has 0 spiro atoms. The molecule has 1 fully saturated rings. The molecular weight excluding hydrogens is 230 g/mol. The van der Waals surface area contributed by atoms with Gasteiger partial charge in [-0.2, -0.15) is 0 Å². The van der Waals surface area contributed by atoms with Crippen molar-refractivity contribution < 1.29 is 23.4 Å². The fourth-order valence-electron chi connectivity index (χ4n) is 2.01. The number of carboxylic acids is 1. The van der Waals surface area contributed by atoms with E-state index in [0.29, 0.717) is 0 Å². The zero-order valence-electron chi connectivity index (χ0n) is 9.24. The van der Waals surface area contributed by atoms with Crippen molar-refractivity contribution in [2.75, 3.05) is 7.11 Å². The van der Waals surface area contributed by atoms with Crippen molar-refractivity contribution in [3.8, 4) is 5.75 Å². The lowest BCUT2D eigenvalue weighted by molar-refractivity contribution is -0.139. The largest absolute Gasteiger partial charge is 0.496 e. The van der Waals surface area contributed by atoms with E-state index < -0.39 is 23.5 Å². The maximum absolute atomic E-state index is 13.7. The quantitative estimate of drug-likeness (QED) is 0.882. The fourth-order valence-corrected chi connectivity index (χ4v) is 2.01. The van der Waals surface area contributed by atoms with Gasteiger partial charge in [0.1, 0.15) is 5.75 Å². The van der Waals surface area contributed by atoms with E-state index in [4.69, 9.17) is 9.84 Å². The van der Waals surface area contributed by atoms with Crippen molar-refractivity contribution >= 4 is 5.97 Å². The van der Waals surface area contributed by atoms with Crippen molar-refractivity contribution in [3.63, 3.8) is 0 Å². The second-order valence-corrected chi connectivity index (χ2v) is 4.13. The molecular formula is C12H12F2O3. The Hall–Kier alpha value is -1.65. The Kier molecular flexibility index (Phi) is 3.00. The molecule has 1 aromatic rings. The number of carboxylic acid groups (broad SMARTS) is 1. The summed E-state index contributed by atoms with van der Waals surface area (Å²) in [6.45, 7) is 0. The minimum absolute atomic E-state index is 0.0863. The predicted molar refractivity (Wildman–Crippen MR) is 56.0 cm³/mol. The SMILES string of the molecule is COc1ccc(F)c(F)c1C(C(=O)O)C1CC1. The standard InChI is InChI=1S/C12H12F2O3/c1-17-8-5-4-7(13)11(14)10(8)9(12(15)16)6-2-3-6/h4-6,9H,2-3H2,1H3,(H,15,16). The molecule has 3 nitrogen and oxygen atoms in total. The summed E-state index contributed by atoms with van der Waals surface area (Å²) in [6, 6.07) is 2.19. The smallest absolute Gasteiger partial charge is 0.311 e. The summed E-state index contributed by atoms with van der Waals surface area (Å²) in [4.78, 5) is 11.2. The average molecular weight is 242 g/mol. The highest BCUT2D eigenvalue weighted by Crippen LogP contribution is 2.46. The lowest BCUT2D eigenvalue weighted by Gasteiger charge is -2.16. The number of methoxy groups -OCH3 is 1. The highest BCUT2D eigenvalue weighted by molar-refractivity contribution is 5.78. The molecule has 1 atom stereocenters. The second-order valence-electron chi connectivity index (χ2n) is 4.13. The van der Waals surface area contributed by atoms with Gasteiger partial charge < -0.3 is 9.84 Å². The molecule has 1 N–H and O–H groups in total. The van der Waals surface area contributed by atoms with Gasteiger partial charge >= 0.3 is 5.97 Å². The number of hydrogen-bond acceptors (Lipinski definition) is 2. The lowest BCUT2D eigenvalue weighted by atomic mass is 9.92. The molecule has 0 aliphatic heterocycles. The number of ether oxygens (including phenoxy) is 1. The van der Waals surface area contributed by atoms with Crippen molar-refractivity contribution in [2.24, 2.45) is 5.92 Å². The summed E-state index contributed by atoms with van der Waals surface area (Å²) in [6.07, 6.45) is 1.44. The van der Waals surface area contributed by atoms with E-state index in [-0.39, 0.29) is 17.2 Å². The van der Waals surface area contributed by atoms with Gasteiger partial charge in [-0.1, -0.05) is 0 Å². The third kappa shape index (κ3) is 2.09. The van der Waals surface area contributed by atoms with Crippen LogP contribution in [0.3, 0.4) is 0 Å². The molecule has 0 bridgehead atoms. The number of aliphatic carboxylic acids is 1. The van der Waals surface area contributed by atoms with E-state index in [1.165, 1.54) is 13.2 Å². The summed E-state index contributed by atoms with van der Waals surface area (Å²) in [7, 11) is 1.31. The van der Waals surface area contributed by atoms with Crippen LogP contribution in [-0.4, -0.2) is 18.2 Å². The third-order valence-electron chi connectivity index (χ3n) is 2.98. The fraction of sp³-hybridized carbons (Fsp3) is 0.417. The van der Waals surface area contributed by atoms with E-state index in [2.05, 4.69) is 0 Å². The van der Waals surface area contributed by atoms with Crippen LogP contribution in [0.4, 0.5) is 8.78 Å². The number of benzene rings is 1. The van der Waals surface area contributed by atoms with Crippen LogP contribution >= 0.6 is 0 Å². The topological polar surface area (TPSA) is 46.5 Å². The number of hydrogen-bond donors (Lipinski definition) is 1. The van der Waals surface area contributed by atoms with Crippen molar-refractivity contribution in [2.45, 2.75) is 18.8 Å². The Morgan fingerprint density at radius 3 is 2.59 bits per heavy atom. The van der Waals surface area contributed by atoms with Crippen LogP contribution < -0.4 is 4.74 Å². The number of rotatable bonds is 4. The van der Waals surface area contributed by atoms with Crippen LogP contribution in [0, 0.1) is 17.6 Å². The van der Waals surface area contributed by atoms with Crippen LogP contribution in [0.25, 0.3) is 0 Å². The van der Waals surface area contributed by atoms with Crippen LogP contribution in [0.5, 0.6) is 5.75 Å². The Balaban J connectivity index is 2.54. The van der Waals surface area contributed by atoms with Gasteiger partial charge in [0.15, 0.2) is 11.6 Å². The van der Waals surface area contributed by atoms with Gasteiger partial charge in [-0.15, -0.1) is 0 Å². The van der Waals surface area contributed by atoms with Crippen LogP contribution in [0.1, 0.15) is 24.3 Å². The molecule has 5 heteroatoms. The predicted octanol–water partition coefficient (Wildman–Crippen LogP) is 2.55. The highest BCUT2D eigenvalue weighted by Gasteiger charge is 2.41. The minimum Gasteiger partial charge on any atom is -0.496 e. The summed E-state index contributed by atoms with van der Waals surface area (Å²) >= 11 is 0. The van der Waals surface area contributed by atoms with Crippen LogP contribution in [-0.2, 0) is 4.79 Å². The normalized spacial score (nSPS) is 16.6. The maximum atomic E-state index is 13.7. The van der Waals surface area contributed by atoms with E-state index in [1.807, 2.05) is 0 Å². The molecule has 1 aliphatic rings. The first kappa shape index (κ1) is 11.8. The third-order valence-corrected chi connectivity index (χ3v) is 2.98. The van der Waals surface area contributed by atoms with E-state index >= 15 is 0 Å². The molecule has 1 aliphatic carbocycles. The summed E-state index contributed by atoms with van der Waals surface area (Å²) in [5, 5.41) is 9.13. The molecule has 1 aromatic carbocycles. The van der Waals surface area contributed by atoms with E-state index in [0.717, 1.165) is 18.9 Å². The molecule has 0 radical (unpaired) electrons. The summed E-state index contributed by atoms with van der Waals surface area (Å²) in [5.74, 6) is -4.38. The molecule has 1 unspecified atom stereocenters. The molecule has 92 valence electrons. The van der Waals surface area contributed by atoms with Crippen molar-refractivity contribution in [1.82, 2.24) is 0 Å². The minimum atomic E-state index is -1.14. The first-order chi connectivity index (χ1) is 8.06. The van der Waals surface area contributed by atoms with Crippen LogP contribution in [0.15, 0.2) is 12.1 Å². The maximum Gasteiger partial charge on any atom is 0.311 e. The molecule has 17 heavy (non-hydrogen) atoms. The van der Waals surface area contributed by atoms with Gasteiger partial charge in [0, 0.05) is 5.56 Å². The summed E-state index contributed by atoms with van der Waals surface area (Å²) < 4.78 is 31.8. The number of halogens is 2. The molecule has 1 saturated carbocycles. The zero-order valence-corrected chi connectivity index (χ0v) is 9.24. The van der Waals surface area contributed by atoms with Crippen LogP contribution in [0.2, 0.25) is 0 Å². The highest BCUT2D eigenvalue weighted by atomic mass is 19.2. The lowest BCUT2D eigenvalue weighted by Crippen LogP contribution is -2.17. The first-order valence-electron chi connectivity index (χ1n) is 5.31. The summed E-state index contributed by atoms with van der Waals surface area (Å²) in [5.41, 5.74) is -0.178. The Bertz CT molecular complexity index is 455. The Labute approximate surface area is 97.0 Å². The molecule has 0 aromatic heterocycles. The molecule has 0 amide bonds. The van der Waals surface area contributed by atoms with Gasteiger partial charge in [-0.25, -0.2) is 8.78 Å². The first-order valence-corrected chi connectivity index (χ1v) is 5.31. The van der Waals surface area contributed by atoms with E-state index in [1.54, 1.807) is 0 Å². The molecule has 2 rings (SSSR count). The monoisotopic (exact) mass is 242 g/mol. The average Bonchev–Trinajstić information content (AvgIpc) is 3.09. The van der Waals surface area contributed by atoms with Gasteiger partial charge in [0.05, 0.1) is 13.0 Å². The van der Waals surface area contributed by atoms with Crippen molar-refractivity contribution in [1.29, 1.82) is 0 Å². The van der Waals surface area contributed by atoms with E-state index in [9.17, 15) is 13.6 Å². The molecule has 0 saturated heterocycles. The van der Waals surface area contributed by atoms with Gasteiger partial charge in [0.2, 0.25) is 0 Å². The second kappa shape index (κ2) is 4.31. The van der Waals surface area contributed by atoms with Gasteiger partial charge in [-0.05, 0) is 30.9 Å². The van der Waals surface area contributed by atoms with Gasteiger partial charge in [-0.3, -0.25) is 4.79 Å². The van der Waals surface area contributed by atoms with Crippen molar-refractivity contribution in [3.05, 3.63) is 29.3 Å². The molecule has 0 heterocycles. The zero-order chi connectivity index (χ0) is 12.6. The van der Waals surface area contributed by atoms with Gasteiger partial charge in [0.25, 0.3) is 0 Å². The Morgan fingerprint density at radius 2 is 2.12 bits per heavy atom. The Morgan fingerprint density at radius 1 is 1.47 bits per heavy atom.